The topological polar surface area (TPSA) is 52.6 Å². The Morgan fingerprint density at radius 3 is 2.67 bits per heavy atom. The van der Waals surface area contributed by atoms with Crippen LogP contribution in [0.15, 0.2) is 29.2 Å². The standard InChI is InChI=1S/C8H6F2O4S/c9-8(10)13-5-6-3-1-2-4-7(6)15(11,12)14-8/h1-4H,5H2. The van der Waals surface area contributed by atoms with Gasteiger partial charge in [-0.25, -0.2) is 0 Å². The van der Waals surface area contributed by atoms with Crippen LogP contribution in [-0.2, 0) is 25.6 Å². The smallest absolute Gasteiger partial charge is 0.290 e. The third kappa shape index (κ3) is 1.99. The van der Waals surface area contributed by atoms with Crippen molar-refractivity contribution in [3.05, 3.63) is 29.8 Å². The van der Waals surface area contributed by atoms with E-state index in [1.165, 1.54) is 24.3 Å². The Kier molecular flexibility index (Phi) is 2.25. The molecule has 2 rings (SSSR count). The van der Waals surface area contributed by atoms with E-state index < -0.39 is 23.0 Å². The zero-order valence-corrected chi connectivity index (χ0v) is 8.13. The summed E-state index contributed by atoms with van der Waals surface area (Å²) < 4.78 is 55.7. The lowest BCUT2D eigenvalue weighted by Crippen LogP contribution is -2.25. The first-order valence-electron chi connectivity index (χ1n) is 3.96. The van der Waals surface area contributed by atoms with Crippen LogP contribution in [0.5, 0.6) is 0 Å². The molecule has 15 heavy (non-hydrogen) atoms. The summed E-state index contributed by atoms with van der Waals surface area (Å²) in [5.74, 6) is 0. The maximum atomic E-state index is 12.7. The van der Waals surface area contributed by atoms with Gasteiger partial charge in [0, 0.05) is 0 Å². The van der Waals surface area contributed by atoms with Crippen molar-refractivity contribution in [1.29, 1.82) is 0 Å². The zero-order valence-electron chi connectivity index (χ0n) is 7.31. The Bertz CT molecular complexity index is 483. The van der Waals surface area contributed by atoms with Crippen LogP contribution in [0.25, 0.3) is 0 Å². The number of ether oxygens (including phenoxy) is 1. The summed E-state index contributed by atoms with van der Waals surface area (Å²) in [6.45, 7) is -0.512. The van der Waals surface area contributed by atoms with Gasteiger partial charge in [0.2, 0.25) is 0 Å². The van der Waals surface area contributed by atoms with E-state index in [9.17, 15) is 17.2 Å². The van der Waals surface area contributed by atoms with Gasteiger partial charge in [0.05, 0.1) is 11.5 Å². The quantitative estimate of drug-likeness (QED) is 0.640. The van der Waals surface area contributed by atoms with Crippen LogP contribution < -0.4 is 0 Å². The van der Waals surface area contributed by atoms with Gasteiger partial charge in [-0.15, -0.1) is 8.78 Å². The number of hydrogen-bond acceptors (Lipinski definition) is 4. The summed E-state index contributed by atoms with van der Waals surface area (Å²) in [5.41, 5.74) is 0.148. The molecule has 0 fully saturated rings. The highest BCUT2D eigenvalue weighted by Gasteiger charge is 2.42. The molecule has 0 saturated heterocycles. The van der Waals surface area contributed by atoms with E-state index in [1.807, 2.05) is 0 Å². The lowest BCUT2D eigenvalue weighted by molar-refractivity contribution is -0.355. The molecular weight excluding hydrogens is 230 g/mol. The summed E-state index contributed by atoms with van der Waals surface area (Å²) in [4.78, 5) is -0.290. The van der Waals surface area contributed by atoms with Gasteiger partial charge in [0.15, 0.2) is 0 Å². The van der Waals surface area contributed by atoms with Crippen LogP contribution in [0.2, 0.25) is 0 Å². The minimum atomic E-state index is -4.46. The number of halogens is 2. The van der Waals surface area contributed by atoms with E-state index in [-0.39, 0.29) is 10.5 Å². The molecular formula is C8H6F2O4S. The van der Waals surface area contributed by atoms with Crippen molar-refractivity contribution in [3.63, 3.8) is 0 Å². The summed E-state index contributed by atoms with van der Waals surface area (Å²) in [7, 11) is -4.46. The molecule has 0 radical (unpaired) electrons. The number of hydrogen-bond donors (Lipinski definition) is 0. The number of benzene rings is 1. The molecule has 0 atom stereocenters. The number of rotatable bonds is 0. The predicted octanol–water partition coefficient (Wildman–Crippen LogP) is 1.47. The minimum absolute atomic E-state index is 0.148. The first-order chi connectivity index (χ1) is 6.91. The number of fused-ring (bicyclic) bond motifs is 1. The van der Waals surface area contributed by atoms with Crippen molar-refractivity contribution in [2.75, 3.05) is 0 Å². The minimum Gasteiger partial charge on any atom is -0.290 e. The first kappa shape index (κ1) is 10.5. The molecule has 0 spiro atoms. The fourth-order valence-electron chi connectivity index (χ4n) is 1.23. The van der Waals surface area contributed by atoms with E-state index in [2.05, 4.69) is 8.92 Å². The van der Waals surface area contributed by atoms with Gasteiger partial charge in [-0.1, -0.05) is 18.2 Å². The molecule has 0 aromatic heterocycles. The molecule has 1 aliphatic heterocycles. The maximum Gasteiger partial charge on any atom is 0.500 e. The van der Waals surface area contributed by atoms with Crippen LogP contribution in [-0.4, -0.2) is 14.7 Å². The normalized spacial score (nSPS) is 22.8. The van der Waals surface area contributed by atoms with Gasteiger partial charge in [0.1, 0.15) is 0 Å². The van der Waals surface area contributed by atoms with Gasteiger partial charge in [-0.05, 0) is 11.6 Å². The Morgan fingerprint density at radius 1 is 1.27 bits per heavy atom. The fourth-order valence-corrected chi connectivity index (χ4v) is 2.31. The second kappa shape index (κ2) is 3.22. The molecule has 7 heteroatoms. The highest BCUT2D eigenvalue weighted by Crippen LogP contribution is 2.31. The SMILES string of the molecule is O=S1(=O)OC(F)(F)OCc2ccccc21. The van der Waals surface area contributed by atoms with Crippen molar-refractivity contribution in [2.45, 2.75) is 17.8 Å². The largest absolute Gasteiger partial charge is 0.500 e. The van der Waals surface area contributed by atoms with Crippen molar-refractivity contribution >= 4 is 10.1 Å². The summed E-state index contributed by atoms with van der Waals surface area (Å²) in [5, 5.41) is 0. The molecule has 1 heterocycles. The first-order valence-corrected chi connectivity index (χ1v) is 5.37. The predicted molar refractivity (Wildman–Crippen MR) is 44.4 cm³/mol. The highest BCUT2D eigenvalue weighted by atomic mass is 32.2. The highest BCUT2D eigenvalue weighted by molar-refractivity contribution is 7.86. The van der Waals surface area contributed by atoms with Crippen molar-refractivity contribution < 1.29 is 26.1 Å². The van der Waals surface area contributed by atoms with E-state index in [0.717, 1.165) is 0 Å². The maximum absolute atomic E-state index is 12.7. The Hall–Kier alpha value is -1.05. The van der Waals surface area contributed by atoms with E-state index in [4.69, 9.17) is 0 Å². The van der Waals surface area contributed by atoms with Gasteiger partial charge in [0.25, 0.3) is 0 Å². The van der Waals surface area contributed by atoms with Crippen LogP contribution in [0, 0.1) is 0 Å². The number of alkyl halides is 2. The molecule has 1 aliphatic rings. The summed E-state index contributed by atoms with van der Waals surface area (Å²) >= 11 is 0. The van der Waals surface area contributed by atoms with Crippen LogP contribution in [0.3, 0.4) is 0 Å². The lowest BCUT2D eigenvalue weighted by Gasteiger charge is -2.10. The van der Waals surface area contributed by atoms with Crippen LogP contribution >= 0.6 is 0 Å². The van der Waals surface area contributed by atoms with Crippen LogP contribution in [0.1, 0.15) is 5.56 Å². The molecule has 4 nitrogen and oxygen atoms in total. The Morgan fingerprint density at radius 2 is 1.93 bits per heavy atom. The third-order valence-corrected chi connectivity index (χ3v) is 3.19. The summed E-state index contributed by atoms with van der Waals surface area (Å²) in [6, 6.07) is 5.53. The fraction of sp³-hybridized carbons (Fsp3) is 0.250. The Balaban J connectivity index is 2.58. The second-order valence-corrected chi connectivity index (χ2v) is 4.41. The van der Waals surface area contributed by atoms with Gasteiger partial charge < -0.3 is 0 Å². The second-order valence-electron chi connectivity index (χ2n) is 2.90. The van der Waals surface area contributed by atoms with Crippen LogP contribution in [0.4, 0.5) is 8.78 Å². The van der Waals surface area contributed by atoms with Gasteiger partial charge >= 0.3 is 16.4 Å². The van der Waals surface area contributed by atoms with Crippen molar-refractivity contribution in [3.8, 4) is 0 Å². The van der Waals surface area contributed by atoms with Gasteiger partial charge in [-0.3, -0.25) is 4.74 Å². The van der Waals surface area contributed by atoms with E-state index >= 15 is 0 Å². The molecule has 82 valence electrons. The Labute approximate surface area is 84.5 Å². The molecule has 1 aromatic carbocycles. The molecule has 0 amide bonds. The average Bonchev–Trinajstić information content (AvgIpc) is 2.22. The van der Waals surface area contributed by atoms with Crippen molar-refractivity contribution in [1.82, 2.24) is 0 Å². The average molecular weight is 236 g/mol. The van der Waals surface area contributed by atoms with Crippen molar-refractivity contribution in [2.24, 2.45) is 0 Å². The zero-order chi connectivity index (χ0) is 11.1. The van der Waals surface area contributed by atoms with E-state index in [1.54, 1.807) is 0 Å². The lowest BCUT2D eigenvalue weighted by atomic mass is 10.2. The molecule has 0 aliphatic carbocycles. The molecule has 0 unspecified atom stereocenters. The summed E-state index contributed by atoms with van der Waals surface area (Å²) in [6.07, 6.45) is -4.11. The third-order valence-electron chi connectivity index (χ3n) is 1.84. The van der Waals surface area contributed by atoms with E-state index in [0.29, 0.717) is 0 Å². The monoisotopic (exact) mass is 236 g/mol. The molecule has 1 aromatic rings. The molecule has 0 saturated carbocycles. The van der Waals surface area contributed by atoms with Gasteiger partial charge in [-0.2, -0.15) is 12.6 Å². The molecule has 0 bridgehead atoms. The molecule has 0 N–H and O–H groups in total.